The van der Waals surface area contributed by atoms with Gasteiger partial charge in [0.2, 0.25) is 0 Å². The van der Waals surface area contributed by atoms with Gasteiger partial charge in [-0.2, -0.15) is 0 Å². The first-order chi connectivity index (χ1) is 24.2. The lowest BCUT2D eigenvalue weighted by atomic mass is 9.94. The first-order valence-corrected chi connectivity index (χ1v) is 16.2. The maximum Gasteiger partial charge on any atom is 0.164 e. The van der Waals surface area contributed by atoms with Crippen LogP contribution in [0.4, 0.5) is 0 Å². The van der Waals surface area contributed by atoms with Crippen molar-refractivity contribution in [3.8, 4) is 79.5 Å². The summed E-state index contributed by atoms with van der Waals surface area (Å²) in [5, 5.41) is 0.567. The minimum atomic E-state index is 0.505. The van der Waals surface area contributed by atoms with Crippen LogP contribution >= 0.6 is 11.6 Å². The SMILES string of the molecule is Clc1ccc(-c2ccccc2-c2nc(-c3ccccc3)nc(-c3ccccc3)n2)c(-c2nc(-c3ccccc3)nc(-c3ccccc3)n2)c1. The van der Waals surface area contributed by atoms with E-state index in [1.54, 1.807) is 0 Å². The molecule has 0 saturated carbocycles. The second-order valence-electron chi connectivity index (χ2n) is 11.3. The van der Waals surface area contributed by atoms with Gasteiger partial charge in [-0.25, -0.2) is 29.9 Å². The van der Waals surface area contributed by atoms with Gasteiger partial charge in [-0.05, 0) is 23.3 Å². The Morgan fingerprint density at radius 1 is 0.265 bits per heavy atom. The van der Waals surface area contributed by atoms with E-state index in [1.165, 1.54) is 0 Å². The van der Waals surface area contributed by atoms with Gasteiger partial charge in [0, 0.05) is 38.4 Å². The fourth-order valence-electron chi connectivity index (χ4n) is 5.71. The normalized spacial score (nSPS) is 11.0. The number of halogens is 1. The minimum absolute atomic E-state index is 0.505. The van der Waals surface area contributed by atoms with E-state index in [2.05, 4.69) is 6.07 Å². The summed E-state index contributed by atoms with van der Waals surface area (Å²) in [6.07, 6.45) is 0. The number of hydrogen-bond donors (Lipinski definition) is 0. The maximum absolute atomic E-state index is 6.70. The van der Waals surface area contributed by atoms with Crippen LogP contribution in [0, 0.1) is 0 Å². The van der Waals surface area contributed by atoms with E-state index in [0.29, 0.717) is 40.0 Å². The molecule has 0 bridgehead atoms. The van der Waals surface area contributed by atoms with Gasteiger partial charge < -0.3 is 0 Å². The Morgan fingerprint density at radius 3 is 0.980 bits per heavy atom. The zero-order valence-electron chi connectivity index (χ0n) is 26.1. The maximum atomic E-state index is 6.70. The fraction of sp³-hybridized carbons (Fsp3) is 0. The third-order valence-corrected chi connectivity index (χ3v) is 8.31. The van der Waals surface area contributed by atoms with Crippen molar-refractivity contribution in [1.29, 1.82) is 0 Å². The second kappa shape index (κ2) is 13.4. The van der Waals surface area contributed by atoms with Crippen LogP contribution < -0.4 is 0 Å². The van der Waals surface area contributed by atoms with Crippen LogP contribution in [-0.2, 0) is 0 Å². The van der Waals surface area contributed by atoms with Gasteiger partial charge in [-0.1, -0.05) is 163 Å². The molecule has 0 spiro atoms. The Kier molecular flexibility index (Phi) is 8.20. The molecule has 0 aliphatic rings. The van der Waals surface area contributed by atoms with Gasteiger partial charge in [0.15, 0.2) is 34.9 Å². The highest BCUT2D eigenvalue weighted by atomic mass is 35.5. The van der Waals surface area contributed by atoms with Crippen LogP contribution in [0.1, 0.15) is 0 Å². The molecule has 8 rings (SSSR count). The highest BCUT2D eigenvalue weighted by Crippen LogP contribution is 2.39. The molecule has 6 aromatic carbocycles. The summed E-state index contributed by atoms with van der Waals surface area (Å²) in [4.78, 5) is 29.8. The molecule has 49 heavy (non-hydrogen) atoms. The molecule has 2 heterocycles. The summed E-state index contributed by atoms with van der Waals surface area (Å²) in [5.41, 5.74) is 6.97. The summed E-state index contributed by atoms with van der Waals surface area (Å²) in [7, 11) is 0. The van der Waals surface area contributed by atoms with Gasteiger partial charge in [0.1, 0.15) is 0 Å². The Hall–Kier alpha value is -6.37. The number of benzene rings is 6. The van der Waals surface area contributed by atoms with Gasteiger partial charge in [0.05, 0.1) is 0 Å². The van der Waals surface area contributed by atoms with E-state index < -0.39 is 0 Å². The van der Waals surface area contributed by atoms with Crippen LogP contribution in [0.3, 0.4) is 0 Å². The Balaban J connectivity index is 1.34. The molecule has 0 atom stereocenters. The first kappa shape index (κ1) is 30.0. The van der Waals surface area contributed by atoms with Crippen LogP contribution in [0.5, 0.6) is 0 Å². The zero-order chi connectivity index (χ0) is 33.0. The molecule has 6 nitrogen and oxygen atoms in total. The number of aromatic nitrogens is 6. The van der Waals surface area contributed by atoms with Gasteiger partial charge >= 0.3 is 0 Å². The number of rotatable bonds is 7. The smallest absolute Gasteiger partial charge is 0.164 e. The first-order valence-electron chi connectivity index (χ1n) is 15.8. The summed E-state index contributed by atoms with van der Waals surface area (Å²) >= 11 is 6.70. The molecule has 0 saturated heterocycles. The predicted octanol–water partition coefficient (Wildman–Crippen LogP) is 10.4. The van der Waals surface area contributed by atoms with Crippen molar-refractivity contribution in [2.45, 2.75) is 0 Å². The van der Waals surface area contributed by atoms with Crippen molar-refractivity contribution in [2.24, 2.45) is 0 Å². The van der Waals surface area contributed by atoms with E-state index in [4.69, 9.17) is 41.5 Å². The molecule has 2 aromatic heterocycles. The highest BCUT2D eigenvalue weighted by molar-refractivity contribution is 6.31. The summed E-state index contributed by atoms with van der Waals surface area (Å²) in [6, 6.07) is 53.7. The molecule has 0 N–H and O–H groups in total. The van der Waals surface area contributed by atoms with E-state index in [1.807, 2.05) is 158 Å². The number of hydrogen-bond acceptors (Lipinski definition) is 6. The van der Waals surface area contributed by atoms with Crippen LogP contribution in [-0.4, -0.2) is 29.9 Å². The van der Waals surface area contributed by atoms with Crippen molar-refractivity contribution in [3.05, 3.63) is 169 Å². The van der Waals surface area contributed by atoms with Crippen molar-refractivity contribution in [2.75, 3.05) is 0 Å². The molecule has 7 heteroatoms. The fourth-order valence-corrected chi connectivity index (χ4v) is 5.88. The van der Waals surface area contributed by atoms with E-state index >= 15 is 0 Å². The molecule has 8 aromatic rings. The monoisotopic (exact) mass is 650 g/mol. The number of nitrogens with zero attached hydrogens (tertiary/aromatic N) is 6. The standard InChI is InChI=1S/C42H27ClN6/c43-32-25-26-34(36(27-32)42-48-39(30-19-9-3-10-20-30)45-40(49-42)31-21-11-4-12-22-31)33-23-13-14-24-35(33)41-46-37(28-15-5-1-6-16-28)44-38(47-41)29-17-7-2-8-18-29/h1-27H. The molecule has 0 amide bonds. The van der Waals surface area contributed by atoms with Crippen molar-refractivity contribution >= 4 is 11.6 Å². The average molecular weight is 651 g/mol. The summed E-state index contributed by atoms with van der Waals surface area (Å²) in [5.74, 6) is 3.38. The van der Waals surface area contributed by atoms with E-state index in [9.17, 15) is 0 Å². The molecular formula is C42H27ClN6. The predicted molar refractivity (Wildman–Crippen MR) is 196 cm³/mol. The molecule has 0 unspecified atom stereocenters. The van der Waals surface area contributed by atoms with Crippen molar-refractivity contribution in [3.63, 3.8) is 0 Å². The average Bonchev–Trinajstić information content (AvgIpc) is 3.19. The highest BCUT2D eigenvalue weighted by Gasteiger charge is 2.20. The van der Waals surface area contributed by atoms with Crippen molar-refractivity contribution < 1.29 is 0 Å². The van der Waals surface area contributed by atoms with E-state index in [0.717, 1.165) is 44.5 Å². The van der Waals surface area contributed by atoms with Gasteiger partial charge in [-0.15, -0.1) is 0 Å². The Morgan fingerprint density at radius 2 is 0.571 bits per heavy atom. The molecule has 0 aliphatic heterocycles. The van der Waals surface area contributed by atoms with Crippen molar-refractivity contribution in [1.82, 2.24) is 29.9 Å². The Labute approximate surface area is 288 Å². The zero-order valence-corrected chi connectivity index (χ0v) is 26.9. The molecule has 0 fully saturated rings. The van der Waals surface area contributed by atoms with E-state index in [-0.39, 0.29) is 0 Å². The summed E-state index contributed by atoms with van der Waals surface area (Å²) in [6.45, 7) is 0. The summed E-state index contributed by atoms with van der Waals surface area (Å²) < 4.78 is 0. The topological polar surface area (TPSA) is 77.3 Å². The largest absolute Gasteiger partial charge is 0.208 e. The third-order valence-electron chi connectivity index (χ3n) is 8.08. The van der Waals surface area contributed by atoms with Gasteiger partial charge in [0.25, 0.3) is 0 Å². The lowest BCUT2D eigenvalue weighted by molar-refractivity contribution is 1.07. The lowest BCUT2D eigenvalue weighted by Crippen LogP contribution is -2.02. The minimum Gasteiger partial charge on any atom is -0.208 e. The van der Waals surface area contributed by atoms with Crippen LogP contribution in [0.2, 0.25) is 5.02 Å². The quantitative estimate of drug-likeness (QED) is 0.171. The van der Waals surface area contributed by atoms with Gasteiger partial charge in [-0.3, -0.25) is 0 Å². The molecular weight excluding hydrogens is 624 g/mol. The molecule has 0 aliphatic carbocycles. The van der Waals surface area contributed by atoms with Crippen LogP contribution in [0.25, 0.3) is 79.5 Å². The second-order valence-corrected chi connectivity index (χ2v) is 11.7. The third kappa shape index (κ3) is 6.33. The molecule has 0 radical (unpaired) electrons. The Bertz CT molecular complexity index is 2270. The lowest BCUT2D eigenvalue weighted by Gasteiger charge is -2.15. The molecule has 232 valence electrons. The van der Waals surface area contributed by atoms with Crippen LogP contribution in [0.15, 0.2) is 164 Å².